The van der Waals surface area contributed by atoms with Gasteiger partial charge in [-0.15, -0.1) is 0 Å². The molecular formula is C24H32O2. The summed E-state index contributed by atoms with van der Waals surface area (Å²) >= 11 is 0. The normalized spacial score (nSPS) is 20.2. The van der Waals surface area contributed by atoms with E-state index < -0.39 is 0 Å². The summed E-state index contributed by atoms with van der Waals surface area (Å²) in [6, 6.07) is 17.8. The number of hydrogen-bond donors (Lipinski definition) is 0. The molecular weight excluding hydrogens is 320 g/mol. The number of aryl methyl sites for hydroxylation is 1. The average molecular weight is 353 g/mol. The van der Waals surface area contributed by atoms with Crippen LogP contribution in [0.25, 0.3) is 11.1 Å². The highest BCUT2D eigenvalue weighted by atomic mass is 16.6. The first-order chi connectivity index (χ1) is 12.8. The lowest BCUT2D eigenvalue weighted by molar-refractivity contribution is -0.137. The highest BCUT2D eigenvalue weighted by Crippen LogP contribution is 2.27. The summed E-state index contributed by atoms with van der Waals surface area (Å²) in [4.78, 5) is 0. The lowest BCUT2D eigenvalue weighted by Gasteiger charge is -2.29. The van der Waals surface area contributed by atoms with Crippen LogP contribution in [-0.2, 0) is 15.9 Å². The first kappa shape index (κ1) is 19.1. The Hall–Kier alpha value is -1.64. The minimum Gasteiger partial charge on any atom is -0.373 e. The van der Waals surface area contributed by atoms with E-state index in [1.165, 1.54) is 47.9 Å². The lowest BCUT2D eigenvalue weighted by atomic mass is 9.99. The van der Waals surface area contributed by atoms with E-state index in [9.17, 15) is 0 Å². The van der Waals surface area contributed by atoms with Crippen molar-refractivity contribution in [1.82, 2.24) is 0 Å². The minimum atomic E-state index is 0.0677. The van der Waals surface area contributed by atoms with Crippen molar-refractivity contribution in [1.29, 1.82) is 0 Å². The van der Waals surface area contributed by atoms with Gasteiger partial charge in [-0.05, 0) is 41.5 Å². The molecule has 1 saturated heterocycles. The zero-order valence-corrected chi connectivity index (χ0v) is 16.2. The fourth-order valence-corrected chi connectivity index (χ4v) is 3.56. The van der Waals surface area contributed by atoms with Gasteiger partial charge in [-0.3, -0.25) is 0 Å². The van der Waals surface area contributed by atoms with Gasteiger partial charge < -0.3 is 9.47 Å². The Bertz CT molecular complexity index is 637. The molecule has 0 aliphatic carbocycles. The summed E-state index contributed by atoms with van der Waals surface area (Å²) in [5.74, 6) is 0. The topological polar surface area (TPSA) is 18.5 Å². The molecule has 0 N–H and O–H groups in total. The predicted octanol–water partition coefficient (Wildman–Crippen LogP) is 6.34. The number of benzene rings is 2. The fourth-order valence-electron chi connectivity index (χ4n) is 3.56. The van der Waals surface area contributed by atoms with Gasteiger partial charge in [0.1, 0.15) is 6.10 Å². The maximum Gasteiger partial charge on any atom is 0.106 e. The van der Waals surface area contributed by atoms with Crippen LogP contribution in [0.2, 0.25) is 0 Å². The van der Waals surface area contributed by atoms with E-state index in [2.05, 4.69) is 62.4 Å². The molecule has 2 heteroatoms. The molecule has 3 rings (SSSR count). The summed E-state index contributed by atoms with van der Waals surface area (Å²) in [6.45, 7) is 5.81. The minimum absolute atomic E-state index is 0.0677. The van der Waals surface area contributed by atoms with Crippen LogP contribution in [0.4, 0.5) is 0 Å². The molecule has 1 aliphatic heterocycles. The van der Waals surface area contributed by atoms with Gasteiger partial charge in [0.2, 0.25) is 0 Å². The second kappa shape index (κ2) is 9.89. The third-order valence-electron chi connectivity index (χ3n) is 5.22. The molecule has 2 atom stereocenters. The molecule has 0 saturated carbocycles. The zero-order chi connectivity index (χ0) is 18.2. The Labute approximate surface area is 158 Å². The summed E-state index contributed by atoms with van der Waals surface area (Å²) in [7, 11) is 0. The third-order valence-corrected chi connectivity index (χ3v) is 5.22. The Balaban J connectivity index is 1.57. The highest BCUT2D eigenvalue weighted by Gasteiger charge is 2.22. The molecule has 0 spiro atoms. The smallest absolute Gasteiger partial charge is 0.106 e. The molecule has 2 aromatic carbocycles. The molecule has 1 heterocycles. The SMILES string of the molecule is CCCCCc1ccc(-c2ccc([C@@H]3CO[C@@H](CCC)CO3)cc2)cc1. The molecule has 0 bridgehead atoms. The van der Waals surface area contributed by atoms with Crippen LogP contribution in [0.15, 0.2) is 48.5 Å². The zero-order valence-electron chi connectivity index (χ0n) is 16.2. The standard InChI is InChI=1S/C24H32O2/c1-3-5-6-8-19-9-11-20(12-10-19)21-13-15-22(16-14-21)24-18-25-23(7-4-2)17-26-24/h9-16,23-24H,3-8,17-18H2,1-2H3/t23-,24-/m0/s1. The number of rotatable bonds is 8. The monoisotopic (exact) mass is 352 g/mol. The second-order valence-electron chi connectivity index (χ2n) is 7.34. The van der Waals surface area contributed by atoms with Crippen molar-refractivity contribution in [3.8, 4) is 11.1 Å². The van der Waals surface area contributed by atoms with Gasteiger partial charge in [0.25, 0.3) is 0 Å². The van der Waals surface area contributed by atoms with Crippen molar-refractivity contribution in [2.75, 3.05) is 13.2 Å². The van der Waals surface area contributed by atoms with Crippen molar-refractivity contribution in [3.05, 3.63) is 59.7 Å². The fraction of sp³-hybridized carbons (Fsp3) is 0.500. The molecule has 0 aromatic heterocycles. The van der Waals surface area contributed by atoms with E-state index in [0.717, 1.165) is 12.8 Å². The molecule has 1 aliphatic rings. The molecule has 0 amide bonds. The van der Waals surface area contributed by atoms with Crippen molar-refractivity contribution < 1.29 is 9.47 Å². The van der Waals surface area contributed by atoms with Crippen LogP contribution in [0.3, 0.4) is 0 Å². The van der Waals surface area contributed by atoms with Crippen molar-refractivity contribution in [3.63, 3.8) is 0 Å². The number of hydrogen-bond acceptors (Lipinski definition) is 2. The van der Waals surface area contributed by atoms with E-state index in [1.807, 2.05) is 0 Å². The average Bonchev–Trinajstić information content (AvgIpc) is 2.70. The summed E-state index contributed by atoms with van der Waals surface area (Å²) in [5, 5.41) is 0. The van der Waals surface area contributed by atoms with Gasteiger partial charge in [-0.1, -0.05) is 81.6 Å². The molecule has 1 fully saturated rings. The molecule has 2 aromatic rings. The van der Waals surface area contributed by atoms with Crippen LogP contribution in [-0.4, -0.2) is 19.3 Å². The van der Waals surface area contributed by atoms with Gasteiger partial charge in [-0.2, -0.15) is 0 Å². The Morgan fingerprint density at radius 3 is 2.04 bits per heavy atom. The van der Waals surface area contributed by atoms with Gasteiger partial charge in [-0.25, -0.2) is 0 Å². The Kier molecular flexibility index (Phi) is 7.28. The van der Waals surface area contributed by atoms with Crippen molar-refractivity contribution in [2.45, 2.75) is 64.6 Å². The number of unbranched alkanes of at least 4 members (excludes halogenated alkanes) is 2. The van der Waals surface area contributed by atoms with Crippen LogP contribution < -0.4 is 0 Å². The van der Waals surface area contributed by atoms with E-state index in [-0.39, 0.29) is 12.2 Å². The van der Waals surface area contributed by atoms with Gasteiger partial charge in [0.15, 0.2) is 0 Å². The van der Waals surface area contributed by atoms with Crippen LogP contribution >= 0.6 is 0 Å². The molecule has 0 radical (unpaired) electrons. The summed E-state index contributed by atoms with van der Waals surface area (Å²) in [5.41, 5.74) is 5.18. The maximum absolute atomic E-state index is 6.01. The van der Waals surface area contributed by atoms with Gasteiger partial charge >= 0.3 is 0 Å². The molecule has 0 unspecified atom stereocenters. The van der Waals surface area contributed by atoms with Crippen LogP contribution in [0, 0.1) is 0 Å². The third kappa shape index (κ3) is 5.18. The first-order valence-electron chi connectivity index (χ1n) is 10.2. The molecule has 2 nitrogen and oxygen atoms in total. The van der Waals surface area contributed by atoms with E-state index in [0.29, 0.717) is 13.2 Å². The van der Waals surface area contributed by atoms with Gasteiger partial charge in [0.05, 0.1) is 19.3 Å². The maximum atomic E-state index is 6.01. The van der Waals surface area contributed by atoms with Crippen molar-refractivity contribution in [2.24, 2.45) is 0 Å². The van der Waals surface area contributed by atoms with E-state index in [1.54, 1.807) is 0 Å². The van der Waals surface area contributed by atoms with E-state index >= 15 is 0 Å². The quantitative estimate of drug-likeness (QED) is 0.516. The molecule has 140 valence electrons. The predicted molar refractivity (Wildman–Crippen MR) is 108 cm³/mol. The second-order valence-corrected chi connectivity index (χ2v) is 7.34. The molecule has 26 heavy (non-hydrogen) atoms. The summed E-state index contributed by atoms with van der Waals surface area (Å²) in [6.07, 6.45) is 7.63. The van der Waals surface area contributed by atoms with Crippen LogP contribution in [0.1, 0.15) is 63.2 Å². The Morgan fingerprint density at radius 2 is 1.46 bits per heavy atom. The Morgan fingerprint density at radius 1 is 0.769 bits per heavy atom. The van der Waals surface area contributed by atoms with Crippen molar-refractivity contribution >= 4 is 0 Å². The number of ether oxygens (including phenoxy) is 2. The summed E-state index contributed by atoms with van der Waals surface area (Å²) < 4.78 is 11.9. The highest BCUT2D eigenvalue weighted by molar-refractivity contribution is 5.64. The van der Waals surface area contributed by atoms with Gasteiger partial charge in [0, 0.05) is 0 Å². The largest absolute Gasteiger partial charge is 0.373 e. The van der Waals surface area contributed by atoms with E-state index in [4.69, 9.17) is 9.47 Å². The van der Waals surface area contributed by atoms with Crippen LogP contribution in [0.5, 0.6) is 0 Å². The first-order valence-corrected chi connectivity index (χ1v) is 10.2. The lowest BCUT2D eigenvalue weighted by Crippen LogP contribution is -2.30.